The van der Waals surface area contributed by atoms with E-state index in [0.717, 1.165) is 9.86 Å². The standard InChI is InChI=1S/C17H11BrFN5O2/c1-9-21-22-23-24(9)11-5-6-13(19)14(8-11)20-17(25)15-7-10-3-2-4-12(18)16(10)26-15/h2-8H,1H3,(H,20,25). The number of carbonyl (C=O) groups is 1. The summed E-state index contributed by atoms with van der Waals surface area (Å²) in [5.74, 6) is -0.519. The number of hydrogen-bond acceptors (Lipinski definition) is 5. The van der Waals surface area contributed by atoms with Crippen LogP contribution in [-0.4, -0.2) is 26.1 Å². The largest absolute Gasteiger partial charge is 0.450 e. The van der Waals surface area contributed by atoms with Gasteiger partial charge in [-0.1, -0.05) is 12.1 Å². The van der Waals surface area contributed by atoms with E-state index >= 15 is 0 Å². The van der Waals surface area contributed by atoms with Crippen molar-refractivity contribution < 1.29 is 13.6 Å². The van der Waals surface area contributed by atoms with Gasteiger partial charge >= 0.3 is 0 Å². The van der Waals surface area contributed by atoms with Gasteiger partial charge in [0, 0.05) is 5.39 Å². The van der Waals surface area contributed by atoms with E-state index < -0.39 is 11.7 Å². The number of aromatic nitrogens is 4. The van der Waals surface area contributed by atoms with Crippen molar-refractivity contribution >= 4 is 38.5 Å². The van der Waals surface area contributed by atoms with Gasteiger partial charge in [-0.3, -0.25) is 4.79 Å². The van der Waals surface area contributed by atoms with Crippen molar-refractivity contribution in [1.82, 2.24) is 20.2 Å². The fourth-order valence-corrected chi connectivity index (χ4v) is 3.00. The van der Waals surface area contributed by atoms with E-state index in [1.807, 2.05) is 18.2 Å². The second kappa shape index (κ2) is 6.34. The maximum Gasteiger partial charge on any atom is 0.291 e. The highest BCUT2D eigenvalue weighted by atomic mass is 79.9. The molecule has 0 saturated heterocycles. The number of nitrogens with zero attached hydrogens (tertiary/aromatic N) is 4. The number of fused-ring (bicyclic) bond motifs is 1. The number of hydrogen-bond donors (Lipinski definition) is 1. The van der Waals surface area contributed by atoms with Gasteiger partial charge in [-0.05, 0) is 63.6 Å². The van der Waals surface area contributed by atoms with Crippen molar-refractivity contribution in [3.05, 3.63) is 64.3 Å². The lowest BCUT2D eigenvalue weighted by Gasteiger charge is -2.08. The second-order valence-electron chi connectivity index (χ2n) is 5.53. The van der Waals surface area contributed by atoms with Gasteiger partial charge in [-0.2, -0.15) is 4.68 Å². The van der Waals surface area contributed by atoms with Gasteiger partial charge in [0.25, 0.3) is 5.91 Å². The van der Waals surface area contributed by atoms with E-state index in [1.54, 1.807) is 13.0 Å². The molecule has 0 saturated carbocycles. The minimum atomic E-state index is -0.579. The fourth-order valence-electron chi connectivity index (χ4n) is 2.53. The third-order valence-corrected chi connectivity index (χ3v) is 4.41. The molecule has 0 aliphatic carbocycles. The smallest absolute Gasteiger partial charge is 0.291 e. The Morgan fingerprint density at radius 1 is 1.27 bits per heavy atom. The van der Waals surface area contributed by atoms with Crippen LogP contribution in [0.15, 0.2) is 51.4 Å². The Hall–Kier alpha value is -3.07. The molecule has 2 heterocycles. The molecule has 0 atom stereocenters. The number of carbonyl (C=O) groups excluding carboxylic acids is 1. The number of tetrazole rings is 1. The van der Waals surface area contributed by atoms with Crippen LogP contribution in [0.25, 0.3) is 16.7 Å². The highest BCUT2D eigenvalue weighted by Gasteiger charge is 2.16. The minimum absolute atomic E-state index is 0.00178. The number of nitrogens with one attached hydrogen (secondary N) is 1. The number of rotatable bonds is 3. The van der Waals surface area contributed by atoms with Gasteiger partial charge in [0.1, 0.15) is 11.4 Å². The molecule has 0 aliphatic rings. The maximum atomic E-state index is 14.1. The van der Waals surface area contributed by atoms with Gasteiger partial charge in [-0.15, -0.1) is 5.10 Å². The maximum absolute atomic E-state index is 14.1. The number of para-hydroxylation sites is 1. The Labute approximate surface area is 154 Å². The van der Waals surface area contributed by atoms with E-state index in [4.69, 9.17) is 4.42 Å². The lowest BCUT2D eigenvalue weighted by molar-refractivity contribution is 0.0998. The number of aryl methyl sites for hydroxylation is 1. The molecule has 1 amide bonds. The summed E-state index contributed by atoms with van der Waals surface area (Å²) in [5.41, 5.74) is 1.08. The zero-order valence-electron chi connectivity index (χ0n) is 13.4. The van der Waals surface area contributed by atoms with Crippen molar-refractivity contribution in [2.24, 2.45) is 0 Å². The van der Waals surface area contributed by atoms with Crippen LogP contribution in [-0.2, 0) is 0 Å². The average Bonchev–Trinajstić information content (AvgIpc) is 3.24. The Balaban J connectivity index is 1.66. The first-order chi connectivity index (χ1) is 12.5. The van der Waals surface area contributed by atoms with Crippen LogP contribution in [0.1, 0.15) is 16.4 Å². The predicted molar refractivity (Wildman–Crippen MR) is 95.7 cm³/mol. The molecule has 0 bridgehead atoms. The first kappa shape index (κ1) is 16.4. The molecule has 0 aliphatic heterocycles. The molecule has 4 rings (SSSR count). The van der Waals surface area contributed by atoms with Crippen molar-refractivity contribution in [2.45, 2.75) is 6.92 Å². The second-order valence-corrected chi connectivity index (χ2v) is 6.38. The highest BCUT2D eigenvalue weighted by molar-refractivity contribution is 9.10. The Morgan fingerprint density at radius 3 is 2.85 bits per heavy atom. The highest BCUT2D eigenvalue weighted by Crippen LogP contribution is 2.28. The lowest BCUT2D eigenvalue weighted by Crippen LogP contribution is -2.13. The molecule has 0 radical (unpaired) electrons. The predicted octanol–water partition coefficient (Wildman–Crippen LogP) is 3.87. The zero-order chi connectivity index (χ0) is 18.3. The SMILES string of the molecule is Cc1nnnn1-c1ccc(F)c(NC(=O)c2cc3cccc(Br)c3o2)c1. The molecular formula is C17H11BrFN5O2. The Bertz CT molecular complexity index is 1140. The summed E-state index contributed by atoms with van der Waals surface area (Å²) in [6.45, 7) is 1.72. The third kappa shape index (κ3) is 2.86. The number of furan rings is 1. The van der Waals surface area contributed by atoms with Crippen LogP contribution < -0.4 is 5.32 Å². The molecule has 130 valence electrons. The molecule has 0 fully saturated rings. The number of amides is 1. The summed E-state index contributed by atoms with van der Waals surface area (Å²) >= 11 is 3.37. The van der Waals surface area contributed by atoms with Crippen molar-refractivity contribution in [3.8, 4) is 5.69 Å². The third-order valence-electron chi connectivity index (χ3n) is 3.79. The van der Waals surface area contributed by atoms with E-state index in [9.17, 15) is 9.18 Å². The molecule has 2 aromatic carbocycles. The van der Waals surface area contributed by atoms with Gasteiger partial charge < -0.3 is 9.73 Å². The van der Waals surface area contributed by atoms with Crippen LogP contribution in [0.4, 0.5) is 10.1 Å². The topological polar surface area (TPSA) is 85.8 Å². The van der Waals surface area contributed by atoms with Crippen molar-refractivity contribution in [1.29, 1.82) is 0 Å². The van der Waals surface area contributed by atoms with Gasteiger partial charge in [-0.25, -0.2) is 4.39 Å². The van der Waals surface area contributed by atoms with E-state index in [0.29, 0.717) is 17.1 Å². The van der Waals surface area contributed by atoms with Crippen LogP contribution >= 0.6 is 15.9 Å². The van der Waals surface area contributed by atoms with Crippen LogP contribution in [0, 0.1) is 12.7 Å². The van der Waals surface area contributed by atoms with Crippen LogP contribution in [0.3, 0.4) is 0 Å². The molecule has 0 unspecified atom stereocenters. The molecule has 4 aromatic rings. The summed E-state index contributed by atoms with van der Waals surface area (Å²) in [4.78, 5) is 12.5. The van der Waals surface area contributed by atoms with Gasteiger partial charge in [0.2, 0.25) is 0 Å². The number of benzene rings is 2. The minimum Gasteiger partial charge on any atom is -0.450 e. The van der Waals surface area contributed by atoms with Crippen molar-refractivity contribution in [2.75, 3.05) is 5.32 Å². The van der Waals surface area contributed by atoms with Crippen molar-refractivity contribution in [3.63, 3.8) is 0 Å². The quantitative estimate of drug-likeness (QED) is 0.548. The molecule has 7 nitrogen and oxygen atoms in total. The summed E-state index contributed by atoms with van der Waals surface area (Å²) < 4.78 is 21.9. The molecular weight excluding hydrogens is 405 g/mol. The van der Waals surface area contributed by atoms with E-state index in [-0.39, 0.29) is 11.4 Å². The Kier molecular flexibility index (Phi) is 4.00. The number of halogens is 2. The van der Waals surface area contributed by atoms with Gasteiger partial charge in [0.15, 0.2) is 11.6 Å². The first-order valence-corrected chi connectivity index (χ1v) is 8.36. The molecule has 1 N–H and O–H groups in total. The first-order valence-electron chi connectivity index (χ1n) is 7.57. The molecule has 9 heteroatoms. The lowest BCUT2D eigenvalue weighted by atomic mass is 10.2. The van der Waals surface area contributed by atoms with Gasteiger partial charge in [0.05, 0.1) is 15.8 Å². The molecule has 26 heavy (non-hydrogen) atoms. The fraction of sp³-hybridized carbons (Fsp3) is 0.0588. The normalized spacial score (nSPS) is 11.0. The Morgan fingerprint density at radius 2 is 2.12 bits per heavy atom. The van der Waals surface area contributed by atoms with Crippen LogP contribution in [0.2, 0.25) is 0 Å². The zero-order valence-corrected chi connectivity index (χ0v) is 15.0. The summed E-state index contributed by atoms with van der Waals surface area (Å²) in [7, 11) is 0. The van der Waals surface area contributed by atoms with E-state index in [1.165, 1.54) is 22.9 Å². The van der Waals surface area contributed by atoms with Crippen LogP contribution in [0.5, 0.6) is 0 Å². The average molecular weight is 416 g/mol. The summed E-state index contributed by atoms with van der Waals surface area (Å²) in [6.07, 6.45) is 0. The van der Waals surface area contributed by atoms with E-state index in [2.05, 4.69) is 36.8 Å². The number of anilines is 1. The molecule has 0 spiro atoms. The molecule has 2 aromatic heterocycles. The summed E-state index contributed by atoms with van der Waals surface area (Å²) in [5, 5.41) is 14.5. The monoisotopic (exact) mass is 415 g/mol. The summed E-state index contributed by atoms with van der Waals surface area (Å²) in [6, 6.07) is 11.3.